The molecule has 1 fully saturated rings. The van der Waals surface area contributed by atoms with Gasteiger partial charge in [0, 0.05) is 36.7 Å². The Morgan fingerprint density at radius 3 is 2.73 bits per heavy atom. The highest BCUT2D eigenvalue weighted by Gasteiger charge is 2.39. The summed E-state index contributed by atoms with van der Waals surface area (Å²) in [5, 5.41) is 2.33. The SMILES string of the molecule is Cc1occc1-c1c(-c2ccc3c(c2)CN([C@H]2CCC(=O)NC2=O)C3=O)ncn1C. The first kappa shape index (κ1) is 18.4. The lowest BCUT2D eigenvalue weighted by Gasteiger charge is -2.29. The predicted molar refractivity (Wildman–Crippen MR) is 107 cm³/mol. The third kappa shape index (κ3) is 2.75. The molecule has 4 heterocycles. The Kier molecular flexibility index (Phi) is 4.09. The van der Waals surface area contributed by atoms with E-state index in [1.807, 2.05) is 36.7 Å². The number of imidazole rings is 1. The molecule has 1 saturated heterocycles. The summed E-state index contributed by atoms with van der Waals surface area (Å²) in [7, 11) is 1.93. The molecule has 1 aromatic carbocycles. The number of furan rings is 1. The van der Waals surface area contributed by atoms with Crippen LogP contribution < -0.4 is 5.32 Å². The zero-order valence-electron chi connectivity index (χ0n) is 16.6. The molecule has 0 aliphatic carbocycles. The molecule has 0 unspecified atom stereocenters. The number of nitrogens with one attached hydrogen (secondary N) is 1. The van der Waals surface area contributed by atoms with Crippen LogP contribution in [0.5, 0.6) is 0 Å². The maximum Gasteiger partial charge on any atom is 0.255 e. The van der Waals surface area contributed by atoms with Crippen molar-refractivity contribution in [2.24, 2.45) is 7.05 Å². The smallest absolute Gasteiger partial charge is 0.255 e. The number of rotatable bonds is 3. The highest BCUT2D eigenvalue weighted by Crippen LogP contribution is 2.36. The van der Waals surface area contributed by atoms with E-state index in [0.717, 1.165) is 33.8 Å². The van der Waals surface area contributed by atoms with E-state index in [1.165, 1.54) is 0 Å². The molecule has 0 radical (unpaired) electrons. The molecule has 8 nitrogen and oxygen atoms in total. The van der Waals surface area contributed by atoms with Crippen LogP contribution in [0.4, 0.5) is 0 Å². The lowest BCUT2D eigenvalue weighted by atomic mass is 10.0. The zero-order valence-corrected chi connectivity index (χ0v) is 16.6. The average molecular weight is 404 g/mol. The van der Waals surface area contributed by atoms with Gasteiger partial charge in [0.2, 0.25) is 11.8 Å². The molecule has 2 aliphatic heterocycles. The molecule has 0 saturated carbocycles. The van der Waals surface area contributed by atoms with Crippen LogP contribution >= 0.6 is 0 Å². The van der Waals surface area contributed by atoms with E-state index < -0.39 is 11.9 Å². The van der Waals surface area contributed by atoms with Gasteiger partial charge in [0.15, 0.2) is 0 Å². The van der Waals surface area contributed by atoms with Gasteiger partial charge >= 0.3 is 0 Å². The summed E-state index contributed by atoms with van der Waals surface area (Å²) in [4.78, 5) is 42.7. The Morgan fingerprint density at radius 2 is 2.00 bits per heavy atom. The Morgan fingerprint density at radius 1 is 1.17 bits per heavy atom. The minimum Gasteiger partial charge on any atom is -0.469 e. The van der Waals surface area contributed by atoms with Crippen LogP contribution in [0.1, 0.15) is 34.5 Å². The number of imide groups is 1. The third-order valence-electron chi connectivity index (χ3n) is 5.85. The van der Waals surface area contributed by atoms with Gasteiger partial charge in [-0.25, -0.2) is 4.98 Å². The van der Waals surface area contributed by atoms with E-state index >= 15 is 0 Å². The van der Waals surface area contributed by atoms with E-state index in [2.05, 4.69) is 10.3 Å². The first-order chi connectivity index (χ1) is 14.4. The Balaban J connectivity index is 1.50. The summed E-state index contributed by atoms with van der Waals surface area (Å²) < 4.78 is 7.41. The maximum absolute atomic E-state index is 12.9. The molecule has 1 atom stereocenters. The predicted octanol–water partition coefficient (Wildman–Crippen LogP) is 2.42. The molecule has 2 aromatic heterocycles. The number of benzene rings is 1. The van der Waals surface area contributed by atoms with Gasteiger partial charge in [-0.1, -0.05) is 6.07 Å². The summed E-state index contributed by atoms with van der Waals surface area (Å²) in [5.74, 6) is -0.0758. The number of hydrogen-bond donors (Lipinski definition) is 1. The Labute approximate surface area is 172 Å². The van der Waals surface area contributed by atoms with E-state index in [0.29, 0.717) is 18.5 Å². The summed E-state index contributed by atoms with van der Waals surface area (Å²) in [6, 6.07) is 6.92. The molecular formula is C22H20N4O4. The minimum absolute atomic E-state index is 0.182. The number of aryl methyl sites for hydroxylation is 2. The first-order valence-electron chi connectivity index (χ1n) is 9.78. The molecule has 5 rings (SSSR count). The van der Waals surface area contributed by atoms with Gasteiger partial charge in [-0.05, 0) is 37.1 Å². The van der Waals surface area contributed by atoms with Crippen molar-refractivity contribution in [3.8, 4) is 22.5 Å². The number of nitrogens with zero attached hydrogens (tertiary/aromatic N) is 3. The van der Waals surface area contributed by atoms with E-state index in [1.54, 1.807) is 23.6 Å². The molecule has 2 aliphatic rings. The molecule has 1 N–H and O–H groups in total. The highest BCUT2D eigenvalue weighted by atomic mass is 16.3. The summed E-state index contributed by atoms with van der Waals surface area (Å²) in [6.07, 6.45) is 4.00. The number of carbonyl (C=O) groups is 3. The van der Waals surface area contributed by atoms with Gasteiger partial charge in [0.1, 0.15) is 11.8 Å². The normalized spacial score (nSPS) is 18.7. The molecule has 152 valence electrons. The fraction of sp³-hybridized carbons (Fsp3) is 0.273. The van der Waals surface area contributed by atoms with Crippen LogP contribution in [0.15, 0.2) is 41.3 Å². The van der Waals surface area contributed by atoms with Crippen LogP contribution in [-0.4, -0.2) is 38.2 Å². The van der Waals surface area contributed by atoms with Gasteiger partial charge in [0.05, 0.1) is 24.0 Å². The molecule has 30 heavy (non-hydrogen) atoms. The van der Waals surface area contributed by atoms with Gasteiger partial charge in [-0.2, -0.15) is 0 Å². The standard InChI is InChI=1S/C22H20N4O4/c1-12-15(7-8-30-12)20-19(23-11-25(20)2)13-3-4-16-14(9-13)10-26(22(16)29)17-5-6-18(27)24-21(17)28/h3-4,7-9,11,17H,5-6,10H2,1-2H3,(H,24,27,28)/t17-/m0/s1. The molecule has 3 aromatic rings. The van der Waals surface area contributed by atoms with Crippen molar-refractivity contribution in [3.05, 3.63) is 53.7 Å². The second-order valence-corrected chi connectivity index (χ2v) is 7.72. The summed E-state index contributed by atoms with van der Waals surface area (Å²) in [5.41, 5.74) is 5.03. The molecular weight excluding hydrogens is 384 g/mol. The van der Waals surface area contributed by atoms with Crippen LogP contribution in [0, 0.1) is 6.92 Å². The third-order valence-corrected chi connectivity index (χ3v) is 5.85. The monoisotopic (exact) mass is 404 g/mol. The number of piperidine rings is 1. The summed E-state index contributed by atoms with van der Waals surface area (Å²) >= 11 is 0. The van der Waals surface area contributed by atoms with Crippen molar-refractivity contribution in [2.75, 3.05) is 0 Å². The van der Waals surface area contributed by atoms with Crippen LogP contribution in [-0.2, 0) is 23.2 Å². The lowest BCUT2D eigenvalue weighted by Crippen LogP contribution is -2.52. The Hall–Kier alpha value is -3.68. The van der Waals surface area contributed by atoms with E-state index in [-0.39, 0.29) is 18.2 Å². The van der Waals surface area contributed by atoms with Crippen molar-refractivity contribution in [3.63, 3.8) is 0 Å². The van der Waals surface area contributed by atoms with Gasteiger partial charge < -0.3 is 13.9 Å². The van der Waals surface area contributed by atoms with Crippen molar-refractivity contribution >= 4 is 17.7 Å². The highest BCUT2D eigenvalue weighted by molar-refractivity contribution is 6.05. The van der Waals surface area contributed by atoms with Crippen molar-refractivity contribution in [1.82, 2.24) is 19.8 Å². The average Bonchev–Trinajstić information content (AvgIpc) is 3.39. The van der Waals surface area contributed by atoms with E-state index in [4.69, 9.17) is 4.42 Å². The van der Waals surface area contributed by atoms with Crippen LogP contribution in [0.2, 0.25) is 0 Å². The van der Waals surface area contributed by atoms with E-state index in [9.17, 15) is 14.4 Å². The topological polar surface area (TPSA) is 97.4 Å². The maximum atomic E-state index is 12.9. The first-order valence-corrected chi connectivity index (χ1v) is 9.78. The fourth-order valence-corrected chi connectivity index (χ4v) is 4.31. The second kappa shape index (κ2) is 6.69. The van der Waals surface area contributed by atoms with Crippen LogP contribution in [0.25, 0.3) is 22.5 Å². The number of fused-ring (bicyclic) bond motifs is 1. The van der Waals surface area contributed by atoms with Gasteiger partial charge in [0.25, 0.3) is 5.91 Å². The zero-order chi connectivity index (χ0) is 21.0. The largest absolute Gasteiger partial charge is 0.469 e. The molecule has 0 spiro atoms. The minimum atomic E-state index is -0.620. The lowest BCUT2D eigenvalue weighted by molar-refractivity contribution is -0.136. The number of hydrogen-bond acceptors (Lipinski definition) is 5. The molecule has 0 bridgehead atoms. The quantitative estimate of drug-likeness (QED) is 0.676. The Bertz CT molecular complexity index is 1210. The molecule has 3 amide bonds. The molecule has 8 heteroatoms. The van der Waals surface area contributed by atoms with Crippen molar-refractivity contribution in [2.45, 2.75) is 32.4 Å². The van der Waals surface area contributed by atoms with Crippen molar-refractivity contribution < 1.29 is 18.8 Å². The summed E-state index contributed by atoms with van der Waals surface area (Å²) in [6.45, 7) is 2.24. The number of carbonyl (C=O) groups excluding carboxylic acids is 3. The second-order valence-electron chi connectivity index (χ2n) is 7.72. The number of amides is 3. The van der Waals surface area contributed by atoms with Crippen LogP contribution in [0.3, 0.4) is 0 Å². The number of aromatic nitrogens is 2. The van der Waals surface area contributed by atoms with Gasteiger partial charge in [-0.3, -0.25) is 19.7 Å². The van der Waals surface area contributed by atoms with Crippen molar-refractivity contribution in [1.29, 1.82) is 0 Å². The fourth-order valence-electron chi connectivity index (χ4n) is 4.31. The van der Waals surface area contributed by atoms with Gasteiger partial charge in [-0.15, -0.1) is 0 Å².